The largest absolute Gasteiger partial charge is 0.393 e. The van der Waals surface area contributed by atoms with E-state index >= 15 is 0 Å². The van der Waals surface area contributed by atoms with Crippen molar-refractivity contribution in [1.82, 2.24) is 4.98 Å². The van der Waals surface area contributed by atoms with Crippen molar-refractivity contribution in [3.05, 3.63) is 26.3 Å². The molecule has 1 aromatic heterocycles. The smallest absolute Gasteiger partial charge is 0.291 e. The van der Waals surface area contributed by atoms with E-state index < -0.39 is 4.92 Å². The number of pyridine rings is 1. The summed E-state index contributed by atoms with van der Waals surface area (Å²) in [6.07, 6.45) is 3.03. The lowest BCUT2D eigenvalue weighted by Crippen LogP contribution is -2.25. The number of nitrogens with zero attached hydrogens (tertiary/aromatic N) is 3. The van der Waals surface area contributed by atoms with Gasteiger partial charge in [-0.2, -0.15) is 0 Å². The zero-order chi connectivity index (χ0) is 14.4. The Kier molecular flexibility index (Phi) is 3.41. The summed E-state index contributed by atoms with van der Waals surface area (Å²) in [7, 11) is 0. The number of aromatic nitrogens is 1. The number of aliphatic hydroxyl groups is 1. The molecule has 1 N–H and O–H groups in total. The summed E-state index contributed by atoms with van der Waals surface area (Å²) in [5.74, 6) is 1.56. The Balaban J connectivity index is 1.89. The molecule has 1 saturated heterocycles. The minimum Gasteiger partial charge on any atom is -0.393 e. The highest BCUT2D eigenvalue weighted by Gasteiger charge is 2.42. The van der Waals surface area contributed by atoms with Gasteiger partial charge >= 0.3 is 0 Å². The molecule has 1 aromatic rings. The average Bonchev–Trinajstić information content (AvgIpc) is 2.95. The van der Waals surface area contributed by atoms with Crippen molar-refractivity contribution in [2.24, 2.45) is 11.8 Å². The normalized spacial score (nSPS) is 28.8. The first-order valence-electron chi connectivity index (χ1n) is 6.71. The second-order valence-electron chi connectivity index (χ2n) is 5.64. The van der Waals surface area contributed by atoms with Gasteiger partial charge in [0.25, 0.3) is 5.69 Å². The molecule has 3 atom stereocenters. The van der Waals surface area contributed by atoms with E-state index in [-0.39, 0.29) is 11.8 Å². The number of rotatable bonds is 2. The molecule has 0 bridgehead atoms. The highest BCUT2D eigenvalue weighted by Crippen LogP contribution is 2.42. The summed E-state index contributed by atoms with van der Waals surface area (Å²) in [5.41, 5.74) is 0.623. The highest BCUT2D eigenvalue weighted by atomic mass is 79.9. The Morgan fingerprint density at radius 3 is 2.90 bits per heavy atom. The third-order valence-electron chi connectivity index (χ3n) is 4.53. The molecule has 2 fully saturated rings. The van der Waals surface area contributed by atoms with Gasteiger partial charge in [0.2, 0.25) is 0 Å². The standard InChI is InChI=1S/C13H16BrN3O3/c1-7-10(17(19)20)4-15-13(12(7)14)16-5-8-2-3-11(18)9(8)6-16/h4,8-9,11,18H,2-3,5-6H2,1H3. The zero-order valence-electron chi connectivity index (χ0n) is 11.1. The van der Waals surface area contributed by atoms with Gasteiger partial charge in [-0.1, -0.05) is 0 Å². The molecule has 1 aliphatic carbocycles. The van der Waals surface area contributed by atoms with E-state index in [1.165, 1.54) is 6.20 Å². The minimum atomic E-state index is -0.417. The SMILES string of the molecule is Cc1c([N+](=O)[O-])cnc(N2CC3CCC(O)C3C2)c1Br. The van der Waals surface area contributed by atoms with Crippen LogP contribution in [0.2, 0.25) is 0 Å². The maximum Gasteiger partial charge on any atom is 0.291 e. The van der Waals surface area contributed by atoms with Crippen molar-refractivity contribution < 1.29 is 10.0 Å². The Bertz CT molecular complexity index is 566. The second kappa shape index (κ2) is 4.96. The van der Waals surface area contributed by atoms with Gasteiger partial charge in [0.1, 0.15) is 12.0 Å². The Hall–Kier alpha value is -1.21. The monoisotopic (exact) mass is 341 g/mol. The fraction of sp³-hybridized carbons (Fsp3) is 0.615. The van der Waals surface area contributed by atoms with E-state index in [1.54, 1.807) is 6.92 Å². The van der Waals surface area contributed by atoms with Gasteiger partial charge < -0.3 is 10.0 Å². The van der Waals surface area contributed by atoms with Gasteiger partial charge in [0.15, 0.2) is 0 Å². The molecule has 0 amide bonds. The molecule has 0 spiro atoms. The number of hydrogen-bond acceptors (Lipinski definition) is 5. The summed E-state index contributed by atoms with van der Waals surface area (Å²) >= 11 is 3.43. The third-order valence-corrected chi connectivity index (χ3v) is 5.48. The summed E-state index contributed by atoms with van der Waals surface area (Å²) in [4.78, 5) is 16.9. The van der Waals surface area contributed by atoms with Crippen LogP contribution in [-0.4, -0.2) is 34.2 Å². The van der Waals surface area contributed by atoms with Gasteiger partial charge in [-0.15, -0.1) is 0 Å². The molecule has 3 rings (SSSR count). The summed E-state index contributed by atoms with van der Waals surface area (Å²) < 4.78 is 0.682. The molecule has 1 saturated carbocycles. The second-order valence-corrected chi connectivity index (χ2v) is 6.43. The quantitative estimate of drug-likeness (QED) is 0.659. The van der Waals surface area contributed by atoms with Gasteiger partial charge in [-0.3, -0.25) is 10.1 Å². The molecule has 2 heterocycles. The topological polar surface area (TPSA) is 79.5 Å². The lowest BCUT2D eigenvalue weighted by atomic mass is 10.00. The van der Waals surface area contributed by atoms with Crippen molar-refractivity contribution in [2.75, 3.05) is 18.0 Å². The van der Waals surface area contributed by atoms with Gasteiger partial charge in [0, 0.05) is 24.6 Å². The van der Waals surface area contributed by atoms with Crippen LogP contribution < -0.4 is 4.90 Å². The van der Waals surface area contributed by atoms with Crippen molar-refractivity contribution in [2.45, 2.75) is 25.9 Å². The van der Waals surface area contributed by atoms with E-state index in [0.717, 1.165) is 31.7 Å². The Labute approximate surface area is 125 Å². The van der Waals surface area contributed by atoms with E-state index in [4.69, 9.17) is 0 Å². The zero-order valence-corrected chi connectivity index (χ0v) is 12.7. The van der Waals surface area contributed by atoms with Crippen molar-refractivity contribution in [3.63, 3.8) is 0 Å². The molecule has 6 nitrogen and oxygen atoms in total. The third kappa shape index (κ3) is 2.09. The number of fused-ring (bicyclic) bond motifs is 1. The van der Waals surface area contributed by atoms with Crippen LogP contribution in [0.15, 0.2) is 10.7 Å². The van der Waals surface area contributed by atoms with Crippen LogP contribution in [0, 0.1) is 28.9 Å². The fourth-order valence-corrected chi connectivity index (χ4v) is 3.93. The van der Waals surface area contributed by atoms with Crippen LogP contribution in [0.5, 0.6) is 0 Å². The van der Waals surface area contributed by atoms with E-state index in [9.17, 15) is 15.2 Å². The number of anilines is 1. The van der Waals surface area contributed by atoms with Crippen LogP contribution in [0.3, 0.4) is 0 Å². The first-order valence-corrected chi connectivity index (χ1v) is 7.51. The lowest BCUT2D eigenvalue weighted by Gasteiger charge is -2.21. The summed E-state index contributed by atoms with van der Waals surface area (Å²) in [6, 6.07) is 0. The predicted octanol–water partition coefficient (Wildman–Crippen LogP) is 2.27. The molecule has 0 radical (unpaired) electrons. The fourth-order valence-electron chi connectivity index (χ4n) is 3.37. The minimum absolute atomic E-state index is 0.0278. The molecule has 2 aliphatic rings. The van der Waals surface area contributed by atoms with Gasteiger partial charge in [-0.05, 0) is 41.6 Å². The lowest BCUT2D eigenvalue weighted by molar-refractivity contribution is -0.385. The molecule has 0 aromatic carbocycles. The van der Waals surface area contributed by atoms with Gasteiger partial charge in [0.05, 0.1) is 15.5 Å². The molecule has 1 aliphatic heterocycles. The number of nitro groups is 1. The number of aliphatic hydroxyl groups excluding tert-OH is 1. The average molecular weight is 342 g/mol. The molecule has 3 unspecified atom stereocenters. The Morgan fingerprint density at radius 1 is 1.50 bits per heavy atom. The van der Waals surface area contributed by atoms with E-state index in [0.29, 0.717) is 21.9 Å². The molecular formula is C13H16BrN3O3. The molecule has 7 heteroatoms. The predicted molar refractivity (Wildman–Crippen MR) is 77.8 cm³/mol. The molecule has 20 heavy (non-hydrogen) atoms. The highest BCUT2D eigenvalue weighted by molar-refractivity contribution is 9.10. The first-order chi connectivity index (χ1) is 9.49. The van der Waals surface area contributed by atoms with Crippen LogP contribution >= 0.6 is 15.9 Å². The van der Waals surface area contributed by atoms with Crippen molar-refractivity contribution in [3.8, 4) is 0 Å². The number of halogens is 1. The van der Waals surface area contributed by atoms with Crippen LogP contribution in [0.1, 0.15) is 18.4 Å². The van der Waals surface area contributed by atoms with Gasteiger partial charge in [-0.25, -0.2) is 4.98 Å². The number of hydrogen-bond donors (Lipinski definition) is 1. The maximum absolute atomic E-state index is 10.9. The Morgan fingerprint density at radius 2 is 2.25 bits per heavy atom. The summed E-state index contributed by atoms with van der Waals surface area (Å²) in [5, 5.41) is 20.9. The first kappa shape index (κ1) is 13.8. The van der Waals surface area contributed by atoms with Crippen LogP contribution in [0.4, 0.5) is 11.5 Å². The van der Waals surface area contributed by atoms with Crippen molar-refractivity contribution >= 4 is 27.4 Å². The van der Waals surface area contributed by atoms with Crippen LogP contribution in [0.25, 0.3) is 0 Å². The van der Waals surface area contributed by atoms with E-state index in [1.807, 2.05) is 0 Å². The van der Waals surface area contributed by atoms with Crippen molar-refractivity contribution in [1.29, 1.82) is 0 Å². The van der Waals surface area contributed by atoms with Crippen LogP contribution in [-0.2, 0) is 0 Å². The molecular weight excluding hydrogens is 326 g/mol. The molecule has 108 valence electrons. The maximum atomic E-state index is 10.9. The summed E-state index contributed by atoms with van der Waals surface area (Å²) in [6.45, 7) is 3.36. The van der Waals surface area contributed by atoms with E-state index in [2.05, 4.69) is 25.8 Å².